The first kappa shape index (κ1) is 20.6. The minimum atomic E-state index is -0.924. The normalized spacial score (nSPS) is 17.9. The summed E-state index contributed by atoms with van der Waals surface area (Å²) in [6.07, 6.45) is 8.58. The molecule has 5 heteroatoms. The van der Waals surface area contributed by atoms with Crippen LogP contribution in [-0.2, 0) is 22.4 Å². The second kappa shape index (κ2) is 10.5. The van der Waals surface area contributed by atoms with Crippen molar-refractivity contribution in [2.75, 3.05) is 13.2 Å². The van der Waals surface area contributed by atoms with E-state index < -0.39 is 5.97 Å². The zero-order valence-corrected chi connectivity index (χ0v) is 16.4. The molecule has 0 spiro atoms. The minimum absolute atomic E-state index is 0.128. The van der Waals surface area contributed by atoms with Crippen LogP contribution in [0.2, 0.25) is 0 Å². The molecule has 1 atom stereocenters. The summed E-state index contributed by atoms with van der Waals surface area (Å²) >= 11 is 0. The maximum absolute atomic E-state index is 10.7. The van der Waals surface area contributed by atoms with Gasteiger partial charge in [0, 0.05) is 17.6 Å². The molecule has 0 saturated heterocycles. The van der Waals surface area contributed by atoms with Crippen LogP contribution in [0.3, 0.4) is 0 Å². The van der Waals surface area contributed by atoms with Crippen molar-refractivity contribution in [1.82, 2.24) is 0 Å². The maximum Gasteiger partial charge on any atom is 0.328 e. The standard InChI is InChI=1S/C13H14O3.C11H12O2/c14-13(15)8-7-10-4-3-6-12-11(10)5-1-2-9-16-12;12-8-9-5-6-13-11-4-2-1-3-10(11)7-9/h3-4,6-8H,1-2,5,9H2,(H,14,15);1-4,8-9H,5-7H2. The van der Waals surface area contributed by atoms with Crippen molar-refractivity contribution in [1.29, 1.82) is 0 Å². The first-order chi connectivity index (χ1) is 14.2. The highest BCUT2D eigenvalue weighted by Gasteiger charge is 2.16. The van der Waals surface area contributed by atoms with E-state index in [0.29, 0.717) is 6.61 Å². The second-order valence-electron chi connectivity index (χ2n) is 7.15. The van der Waals surface area contributed by atoms with Crippen LogP contribution in [0.25, 0.3) is 6.08 Å². The Morgan fingerprint density at radius 2 is 1.79 bits per heavy atom. The van der Waals surface area contributed by atoms with Crippen LogP contribution in [0.4, 0.5) is 0 Å². The number of para-hydroxylation sites is 1. The van der Waals surface area contributed by atoms with Gasteiger partial charge in [-0.1, -0.05) is 30.3 Å². The van der Waals surface area contributed by atoms with Gasteiger partial charge in [0.1, 0.15) is 17.8 Å². The molecule has 4 rings (SSSR count). The fraction of sp³-hybridized carbons (Fsp3) is 0.333. The van der Waals surface area contributed by atoms with E-state index >= 15 is 0 Å². The van der Waals surface area contributed by atoms with E-state index in [1.165, 1.54) is 6.08 Å². The molecule has 0 aliphatic carbocycles. The summed E-state index contributed by atoms with van der Waals surface area (Å²) in [6, 6.07) is 13.7. The number of aldehydes is 1. The van der Waals surface area contributed by atoms with Crippen LogP contribution in [0.15, 0.2) is 48.5 Å². The molecule has 0 saturated carbocycles. The molecule has 2 aliphatic rings. The summed E-state index contributed by atoms with van der Waals surface area (Å²) in [6.45, 7) is 1.40. The van der Waals surface area contributed by atoms with Crippen LogP contribution in [0, 0.1) is 5.92 Å². The number of benzene rings is 2. The van der Waals surface area contributed by atoms with E-state index in [9.17, 15) is 9.59 Å². The Morgan fingerprint density at radius 3 is 2.62 bits per heavy atom. The largest absolute Gasteiger partial charge is 0.493 e. The predicted octanol–water partition coefficient (Wildman–Crippen LogP) is 4.33. The van der Waals surface area contributed by atoms with Crippen molar-refractivity contribution in [2.24, 2.45) is 5.92 Å². The van der Waals surface area contributed by atoms with Gasteiger partial charge in [-0.2, -0.15) is 0 Å². The van der Waals surface area contributed by atoms with Gasteiger partial charge in [0.05, 0.1) is 13.2 Å². The Labute approximate surface area is 171 Å². The molecule has 29 heavy (non-hydrogen) atoms. The fourth-order valence-corrected chi connectivity index (χ4v) is 3.52. The van der Waals surface area contributed by atoms with Crippen LogP contribution < -0.4 is 9.47 Å². The van der Waals surface area contributed by atoms with Gasteiger partial charge < -0.3 is 19.4 Å². The molecule has 0 bridgehead atoms. The molecule has 0 aromatic heterocycles. The first-order valence-electron chi connectivity index (χ1n) is 9.99. The molecule has 5 nitrogen and oxygen atoms in total. The predicted molar refractivity (Wildman–Crippen MR) is 111 cm³/mol. The lowest BCUT2D eigenvalue weighted by Crippen LogP contribution is -2.06. The van der Waals surface area contributed by atoms with E-state index in [1.807, 2.05) is 42.5 Å². The molecule has 152 valence electrons. The number of carbonyl (C=O) groups is 2. The van der Waals surface area contributed by atoms with Gasteiger partial charge >= 0.3 is 5.97 Å². The zero-order chi connectivity index (χ0) is 20.5. The number of carboxylic acids is 1. The lowest BCUT2D eigenvalue weighted by Gasteiger charge is -2.09. The Kier molecular flexibility index (Phi) is 7.45. The van der Waals surface area contributed by atoms with Crippen LogP contribution in [0.1, 0.15) is 36.0 Å². The Morgan fingerprint density at radius 1 is 1.00 bits per heavy atom. The molecule has 1 N–H and O–H groups in total. The highest BCUT2D eigenvalue weighted by atomic mass is 16.5. The van der Waals surface area contributed by atoms with Crippen LogP contribution in [-0.4, -0.2) is 30.6 Å². The van der Waals surface area contributed by atoms with Crippen LogP contribution >= 0.6 is 0 Å². The topological polar surface area (TPSA) is 72.8 Å². The lowest BCUT2D eigenvalue weighted by molar-refractivity contribution is -0.131. The molecule has 2 heterocycles. The minimum Gasteiger partial charge on any atom is -0.493 e. The summed E-state index contributed by atoms with van der Waals surface area (Å²) < 4.78 is 11.1. The number of rotatable bonds is 3. The van der Waals surface area contributed by atoms with Gasteiger partial charge in [0.15, 0.2) is 0 Å². The maximum atomic E-state index is 10.7. The SMILES string of the molecule is O=C(O)C=Cc1cccc2c1CCCCO2.O=CC1CCOc2ccccc2C1. The molecule has 0 fully saturated rings. The number of carbonyl (C=O) groups excluding carboxylic acids is 1. The van der Waals surface area contributed by atoms with Gasteiger partial charge in [-0.25, -0.2) is 4.79 Å². The van der Waals surface area contributed by atoms with Crippen molar-refractivity contribution in [3.8, 4) is 11.5 Å². The van der Waals surface area contributed by atoms with Gasteiger partial charge in [-0.3, -0.25) is 0 Å². The van der Waals surface area contributed by atoms with E-state index in [4.69, 9.17) is 14.6 Å². The molecule has 2 aromatic carbocycles. The van der Waals surface area contributed by atoms with E-state index in [-0.39, 0.29) is 5.92 Å². The molecular weight excluding hydrogens is 368 g/mol. The summed E-state index contributed by atoms with van der Waals surface area (Å²) in [5.41, 5.74) is 3.22. The lowest BCUT2D eigenvalue weighted by atomic mass is 9.99. The van der Waals surface area contributed by atoms with Gasteiger partial charge in [0.25, 0.3) is 0 Å². The fourth-order valence-electron chi connectivity index (χ4n) is 3.52. The first-order valence-corrected chi connectivity index (χ1v) is 9.99. The zero-order valence-electron chi connectivity index (χ0n) is 16.4. The van der Waals surface area contributed by atoms with E-state index in [0.717, 1.165) is 73.2 Å². The Hall–Kier alpha value is -3.08. The number of hydrogen-bond acceptors (Lipinski definition) is 4. The average Bonchev–Trinajstić information content (AvgIpc) is 3.10. The van der Waals surface area contributed by atoms with E-state index in [2.05, 4.69) is 0 Å². The van der Waals surface area contributed by atoms with Crippen molar-refractivity contribution in [2.45, 2.75) is 32.1 Å². The molecular formula is C24H26O5. The molecule has 2 aromatic rings. The third kappa shape index (κ3) is 5.95. The third-order valence-electron chi connectivity index (χ3n) is 5.05. The van der Waals surface area contributed by atoms with Gasteiger partial charge in [0.2, 0.25) is 0 Å². The Balaban J connectivity index is 0.000000169. The second-order valence-corrected chi connectivity index (χ2v) is 7.15. The highest BCUT2D eigenvalue weighted by Crippen LogP contribution is 2.28. The summed E-state index contributed by atoms with van der Waals surface area (Å²) in [4.78, 5) is 21.2. The highest BCUT2D eigenvalue weighted by molar-refractivity contribution is 5.85. The quantitative estimate of drug-likeness (QED) is 0.620. The molecule has 2 aliphatic heterocycles. The summed E-state index contributed by atoms with van der Waals surface area (Å²) in [5, 5.41) is 8.62. The monoisotopic (exact) mass is 394 g/mol. The van der Waals surface area contributed by atoms with Gasteiger partial charge in [-0.15, -0.1) is 0 Å². The summed E-state index contributed by atoms with van der Waals surface area (Å²) in [7, 11) is 0. The number of carboxylic acid groups (broad SMARTS) is 1. The van der Waals surface area contributed by atoms with Crippen molar-refractivity contribution < 1.29 is 24.2 Å². The van der Waals surface area contributed by atoms with E-state index in [1.54, 1.807) is 6.08 Å². The molecule has 1 unspecified atom stereocenters. The van der Waals surface area contributed by atoms with Crippen molar-refractivity contribution in [3.63, 3.8) is 0 Å². The smallest absolute Gasteiger partial charge is 0.328 e. The van der Waals surface area contributed by atoms with Crippen molar-refractivity contribution >= 4 is 18.3 Å². The number of aliphatic carboxylic acids is 1. The Bertz CT molecular complexity index is 871. The van der Waals surface area contributed by atoms with Crippen molar-refractivity contribution in [3.05, 3.63) is 65.2 Å². The average molecular weight is 394 g/mol. The number of fused-ring (bicyclic) bond motifs is 2. The number of ether oxygens (including phenoxy) is 2. The molecule has 0 radical (unpaired) electrons. The third-order valence-corrected chi connectivity index (χ3v) is 5.05. The number of hydrogen-bond donors (Lipinski definition) is 1. The summed E-state index contributed by atoms with van der Waals surface area (Å²) in [5.74, 6) is 1.03. The van der Waals surface area contributed by atoms with Gasteiger partial charge in [-0.05, 0) is 61.4 Å². The molecule has 0 amide bonds. The van der Waals surface area contributed by atoms with Crippen LogP contribution in [0.5, 0.6) is 11.5 Å².